The normalized spacial score (nSPS) is 13.3. The maximum atomic E-state index is 13.0. The molecule has 0 aliphatic heterocycles. The number of hydrogen-bond acceptors (Lipinski definition) is 3. The molecule has 1 rings (SSSR count). The number of nitrogens with one attached hydrogen (secondary N) is 1. The number of rotatable bonds is 5. The van der Waals surface area contributed by atoms with Crippen LogP contribution in [-0.2, 0) is 14.6 Å². The molecule has 0 aromatic heterocycles. The predicted octanol–water partition coefficient (Wildman–Crippen LogP) is 1.76. The topological polar surface area (TPSA) is 63.2 Å². The van der Waals surface area contributed by atoms with E-state index in [0.717, 1.165) is 12.1 Å². The Labute approximate surface area is 112 Å². The lowest BCUT2D eigenvalue weighted by Gasteiger charge is -2.17. The van der Waals surface area contributed by atoms with Crippen molar-refractivity contribution in [3.8, 4) is 0 Å². The van der Waals surface area contributed by atoms with Crippen molar-refractivity contribution in [1.29, 1.82) is 0 Å². The number of hydrogen-bond donors (Lipinski definition) is 1. The lowest BCUT2D eigenvalue weighted by Crippen LogP contribution is -2.39. The Morgan fingerprint density at radius 1 is 1.32 bits per heavy atom. The van der Waals surface area contributed by atoms with Gasteiger partial charge in [-0.15, -0.1) is 0 Å². The largest absolute Gasteiger partial charge is 0.353 e. The third-order valence-electron chi connectivity index (χ3n) is 2.86. The molecule has 6 heteroatoms. The van der Waals surface area contributed by atoms with Crippen molar-refractivity contribution in [2.75, 3.05) is 5.75 Å². The van der Waals surface area contributed by atoms with E-state index in [1.165, 1.54) is 12.1 Å². The summed E-state index contributed by atoms with van der Waals surface area (Å²) >= 11 is 0. The van der Waals surface area contributed by atoms with E-state index in [9.17, 15) is 17.6 Å². The number of halogens is 1. The van der Waals surface area contributed by atoms with Crippen LogP contribution in [0.4, 0.5) is 4.39 Å². The zero-order valence-electron chi connectivity index (χ0n) is 11.2. The van der Waals surface area contributed by atoms with Gasteiger partial charge in [0.2, 0.25) is 5.91 Å². The molecule has 0 fully saturated rings. The molecule has 0 saturated carbocycles. The van der Waals surface area contributed by atoms with E-state index in [4.69, 9.17) is 0 Å². The third-order valence-corrected chi connectivity index (χ3v) is 4.48. The molecule has 0 radical (unpaired) electrons. The van der Waals surface area contributed by atoms with Crippen molar-refractivity contribution < 1.29 is 17.6 Å². The van der Waals surface area contributed by atoms with Gasteiger partial charge in [-0.3, -0.25) is 4.79 Å². The molecule has 1 amide bonds. The number of sulfone groups is 1. The Morgan fingerprint density at radius 3 is 2.47 bits per heavy atom. The van der Waals surface area contributed by atoms with E-state index >= 15 is 0 Å². The molecule has 1 aromatic rings. The van der Waals surface area contributed by atoms with Crippen LogP contribution in [0, 0.1) is 11.7 Å². The molecule has 19 heavy (non-hydrogen) atoms. The zero-order chi connectivity index (χ0) is 14.6. The Balaban J connectivity index is 2.78. The first kappa shape index (κ1) is 15.6. The average molecular weight is 287 g/mol. The van der Waals surface area contributed by atoms with Gasteiger partial charge in [0.15, 0.2) is 9.84 Å². The van der Waals surface area contributed by atoms with Crippen molar-refractivity contribution >= 4 is 15.7 Å². The lowest BCUT2D eigenvalue weighted by molar-refractivity contribution is -0.119. The summed E-state index contributed by atoms with van der Waals surface area (Å²) in [6.45, 7) is 5.65. The number of carbonyl (C=O) groups is 1. The molecule has 0 aliphatic carbocycles. The molecule has 4 nitrogen and oxygen atoms in total. The van der Waals surface area contributed by atoms with Gasteiger partial charge in [0, 0.05) is 6.04 Å². The number of carbonyl (C=O) groups excluding carboxylic acids is 1. The first-order valence-corrected chi connectivity index (χ1v) is 7.65. The van der Waals surface area contributed by atoms with Gasteiger partial charge in [-0.25, -0.2) is 12.8 Å². The van der Waals surface area contributed by atoms with E-state index in [2.05, 4.69) is 5.32 Å². The SMILES string of the molecule is CC(C)C(C)NC(=O)CS(=O)(=O)c1cccc(F)c1. The molecule has 0 bridgehead atoms. The summed E-state index contributed by atoms with van der Waals surface area (Å²) in [5.41, 5.74) is 0. The molecule has 1 unspecified atom stereocenters. The minimum absolute atomic E-state index is 0.116. The van der Waals surface area contributed by atoms with E-state index < -0.39 is 27.3 Å². The fraction of sp³-hybridized carbons (Fsp3) is 0.462. The molecule has 1 atom stereocenters. The average Bonchev–Trinajstić information content (AvgIpc) is 2.27. The lowest BCUT2D eigenvalue weighted by atomic mass is 10.1. The standard InChI is InChI=1S/C13H18FNO3S/c1-9(2)10(3)15-13(16)8-19(17,18)12-6-4-5-11(14)7-12/h4-7,9-10H,8H2,1-3H3,(H,15,16). The van der Waals surface area contributed by atoms with Crippen LogP contribution in [0.3, 0.4) is 0 Å². The van der Waals surface area contributed by atoms with Crippen LogP contribution in [0.5, 0.6) is 0 Å². The zero-order valence-corrected chi connectivity index (χ0v) is 12.0. The monoisotopic (exact) mass is 287 g/mol. The van der Waals surface area contributed by atoms with Gasteiger partial charge >= 0.3 is 0 Å². The van der Waals surface area contributed by atoms with E-state index in [1.807, 2.05) is 13.8 Å². The van der Waals surface area contributed by atoms with Crippen LogP contribution in [0.15, 0.2) is 29.2 Å². The molecule has 0 aliphatic rings. The van der Waals surface area contributed by atoms with Crippen LogP contribution in [0.1, 0.15) is 20.8 Å². The highest BCUT2D eigenvalue weighted by molar-refractivity contribution is 7.92. The van der Waals surface area contributed by atoms with E-state index in [0.29, 0.717) is 0 Å². The molecule has 0 saturated heterocycles. The summed E-state index contributed by atoms with van der Waals surface area (Å²) in [5, 5.41) is 2.61. The van der Waals surface area contributed by atoms with Gasteiger partial charge in [0.1, 0.15) is 11.6 Å². The minimum Gasteiger partial charge on any atom is -0.353 e. The van der Waals surface area contributed by atoms with Crippen molar-refractivity contribution in [2.45, 2.75) is 31.7 Å². The van der Waals surface area contributed by atoms with Crippen LogP contribution >= 0.6 is 0 Å². The van der Waals surface area contributed by atoms with Gasteiger partial charge < -0.3 is 5.32 Å². The Kier molecular flexibility index (Phi) is 5.05. The smallest absolute Gasteiger partial charge is 0.235 e. The first-order valence-electron chi connectivity index (χ1n) is 6.00. The highest BCUT2D eigenvalue weighted by Crippen LogP contribution is 2.12. The van der Waals surface area contributed by atoms with Gasteiger partial charge in [0.05, 0.1) is 4.90 Å². The summed E-state index contributed by atoms with van der Waals surface area (Å²) < 4.78 is 36.8. The van der Waals surface area contributed by atoms with Crippen molar-refractivity contribution in [2.24, 2.45) is 5.92 Å². The van der Waals surface area contributed by atoms with Gasteiger partial charge in [-0.2, -0.15) is 0 Å². The summed E-state index contributed by atoms with van der Waals surface area (Å²) in [4.78, 5) is 11.5. The van der Waals surface area contributed by atoms with Crippen LogP contribution in [-0.4, -0.2) is 26.1 Å². The summed E-state index contributed by atoms with van der Waals surface area (Å²) in [6.07, 6.45) is 0. The maximum absolute atomic E-state index is 13.0. The fourth-order valence-electron chi connectivity index (χ4n) is 1.38. The fourth-order valence-corrected chi connectivity index (χ4v) is 2.55. The Bertz CT molecular complexity index is 555. The van der Waals surface area contributed by atoms with E-state index in [1.54, 1.807) is 6.92 Å². The highest BCUT2D eigenvalue weighted by Gasteiger charge is 2.21. The second-order valence-electron chi connectivity index (χ2n) is 4.82. The minimum atomic E-state index is -3.81. The first-order chi connectivity index (χ1) is 8.72. The quantitative estimate of drug-likeness (QED) is 0.897. The molecule has 0 heterocycles. The second kappa shape index (κ2) is 6.14. The summed E-state index contributed by atoms with van der Waals surface area (Å²) in [6, 6.07) is 4.53. The van der Waals surface area contributed by atoms with Gasteiger partial charge in [-0.1, -0.05) is 19.9 Å². The van der Waals surface area contributed by atoms with Crippen LogP contribution < -0.4 is 5.32 Å². The van der Waals surface area contributed by atoms with E-state index in [-0.39, 0.29) is 16.9 Å². The van der Waals surface area contributed by atoms with Crippen LogP contribution in [0.25, 0.3) is 0 Å². The van der Waals surface area contributed by atoms with Crippen LogP contribution in [0.2, 0.25) is 0 Å². The number of benzene rings is 1. The number of amides is 1. The Hall–Kier alpha value is -1.43. The second-order valence-corrected chi connectivity index (χ2v) is 6.81. The maximum Gasteiger partial charge on any atom is 0.235 e. The summed E-state index contributed by atoms with van der Waals surface area (Å²) in [5.74, 6) is -1.68. The third kappa shape index (κ3) is 4.63. The van der Waals surface area contributed by atoms with Crippen molar-refractivity contribution in [3.05, 3.63) is 30.1 Å². The molecule has 1 N–H and O–H groups in total. The molecular formula is C13H18FNO3S. The molecule has 0 spiro atoms. The predicted molar refractivity (Wildman–Crippen MR) is 70.9 cm³/mol. The van der Waals surface area contributed by atoms with Gasteiger partial charge in [0.25, 0.3) is 0 Å². The van der Waals surface area contributed by atoms with Crippen molar-refractivity contribution in [1.82, 2.24) is 5.32 Å². The van der Waals surface area contributed by atoms with Crippen molar-refractivity contribution in [3.63, 3.8) is 0 Å². The summed E-state index contributed by atoms with van der Waals surface area (Å²) in [7, 11) is -3.81. The molecular weight excluding hydrogens is 269 g/mol. The highest BCUT2D eigenvalue weighted by atomic mass is 32.2. The Morgan fingerprint density at radius 2 is 1.95 bits per heavy atom. The molecule has 1 aromatic carbocycles. The van der Waals surface area contributed by atoms with Gasteiger partial charge in [-0.05, 0) is 31.0 Å². The molecule has 106 valence electrons.